The Morgan fingerprint density at radius 1 is 1.06 bits per heavy atom. The molecule has 0 unspecified atom stereocenters. The number of hydrogen-bond acceptors (Lipinski definition) is 8. The van der Waals surface area contributed by atoms with Gasteiger partial charge in [-0.25, -0.2) is 15.0 Å². The lowest BCUT2D eigenvalue weighted by Crippen LogP contribution is -1.98. The zero-order chi connectivity index (χ0) is 21.9. The van der Waals surface area contributed by atoms with Crippen LogP contribution in [0.3, 0.4) is 0 Å². The van der Waals surface area contributed by atoms with Crippen molar-refractivity contribution in [1.29, 1.82) is 0 Å². The van der Waals surface area contributed by atoms with E-state index < -0.39 is 0 Å². The van der Waals surface area contributed by atoms with Gasteiger partial charge in [0, 0.05) is 23.7 Å². The number of hydrogen-bond donors (Lipinski definition) is 2. The molecule has 2 aromatic carbocycles. The number of benzene rings is 2. The van der Waals surface area contributed by atoms with Gasteiger partial charge in [0.15, 0.2) is 5.65 Å². The van der Waals surface area contributed by atoms with Crippen molar-refractivity contribution in [3.05, 3.63) is 78.6 Å². The number of rotatable bonds is 6. The van der Waals surface area contributed by atoms with Crippen molar-refractivity contribution in [1.82, 2.24) is 29.5 Å². The number of nitrogens with two attached hydrogens (primary N) is 1. The molecule has 0 bridgehead atoms. The molecular weight excluding hydrogens is 404 g/mol. The van der Waals surface area contributed by atoms with Gasteiger partial charge in [0.1, 0.15) is 30.5 Å². The maximum Gasteiger partial charge on any atom is 0.224 e. The van der Waals surface area contributed by atoms with Gasteiger partial charge in [-0.1, -0.05) is 18.2 Å². The van der Waals surface area contributed by atoms with Crippen LogP contribution in [0.5, 0.6) is 11.6 Å². The Morgan fingerprint density at radius 2 is 2.00 bits per heavy atom. The average Bonchev–Trinajstić information content (AvgIpc) is 3.28. The highest BCUT2D eigenvalue weighted by molar-refractivity contribution is 5.92. The van der Waals surface area contributed by atoms with E-state index in [0.717, 1.165) is 33.5 Å². The van der Waals surface area contributed by atoms with Gasteiger partial charge in [0.25, 0.3) is 0 Å². The highest BCUT2D eigenvalue weighted by Gasteiger charge is 2.09. The van der Waals surface area contributed by atoms with E-state index in [-0.39, 0.29) is 0 Å². The number of anilines is 2. The first kappa shape index (κ1) is 19.6. The Bertz CT molecular complexity index is 1440. The van der Waals surface area contributed by atoms with E-state index in [4.69, 9.17) is 10.5 Å². The summed E-state index contributed by atoms with van der Waals surface area (Å²) in [5.41, 5.74) is 9.97. The first-order chi connectivity index (χ1) is 15.7. The van der Waals surface area contributed by atoms with E-state index in [1.54, 1.807) is 29.4 Å². The minimum Gasteiger partial charge on any atom is -0.439 e. The number of fused-ring (bicyclic) bond motifs is 2. The Kier molecular flexibility index (Phi) is 5.14. The molecule has 158 valence electrons. The minimum atomic E-state index is 0.453. The molecule has 0 fully saturated rings. The Morgan fingerprint density at radius 3 is 2.88 bits per heavy atom. The second kappa shape index (κ2) is 8.40. The molecule has 0 amide bonds. The Balaban J connectivity index is 1.40. The van der Waals surface area contributed by atoms with Gasteiger partial charge in [-0.3, -0.25) is 4.40 Å². The van der Waals surface area contributed by atoms with Gasteiger partial charge in [0.05, 0.1) is 5.52 Å². The zero-order valence-corrected chi connectivity index (χ0v) is 17.3. The highest BCUT2D eigenvalue weighted by atomic mass is 16.5. The summed E-state index contributed by atoms with van der Waals surface area (Å²) in [4.78, 5) is 13.1. The summed E-state index contributed by atoms with van der Waals surface area (Å²) in [6.07, 6.45) is 8.66. The van der Waals surface area contributed by atoms with Gasteiger partial charge in [0.2, 0.25) is 5.88 Å². The molecule has 0 aliphatic heterocycles. The first-order valence-corrected chi connectivity index (χ1v) is 10.0. The smallest absolute Gasteiger partial charge is 0.224 e. The predicted octanol–water partition coefficient (Wildman–Crippen LogP) is 3.88. The van der Waals surface area contributed by atoms with Crippen LogP contribution < -0.4 is 15.8 Å². The SMILES string of the molecule is Cc1cc(Nc2ncnc3ccc(/C=C/CN)cc23)ccc1Oc1cc2nncn2cn1. The molecule has 0 aliphatic rings. The van der Waals surface area contributed by atoms with Crippen LogP contribution in [0.1, 0.15) is 11.1 Å². The van der Waals surface area contributed by atoms with Crippen molar-refractivity contribution < 1.29 is 4.74 Å². The fourth-order valence-corrected chi connectivity index (χ4v) is 3.34. The summed E-state index contributed by atoms with van der Waals surface area (Å²) in [5.74, 6) is 1.88. The van der Waals surface area contributed by atoms with Crippen LogP contribution in [-0.2, 0) is 0 Å². The molecule has 0 radical (unpaired) electrons. The van der Waals surface area contributed by atoms with Gasteiger partial charge in [-0.05, 0) is 48.4 Å². The van der Waals surface area contributed by atoms with E-state index in [1.165, 1.54) is 0 Å². The molecule has 0 spiro atoms. The van der Waals surface area contributed by atoms with Crippen molar-refractivity contribution in [3.8, 4) is 11.6 Å². The molecule has 0 saturated carbocycles. The van der Waals surface area contributed by atoms with E-state index in [9.17, 15) is 0 Å². The third-order valence-electron chi connectivity index (χ3n) is 4.92. The molecule has 0 saturated heterocycles. The predicted molar refractivity (Wildman–Crippen MR) is 123 cm³/mol. The van der Waals surface area contributed by atoms with Crippen molar-refractivity contribution in [3.63, 3.8) is 0 Å². The number of aryl methyl sites for hydroxylation is 1. The second-order valence-electron chi connectivity index (χ2n) is 7.17. The number of ether oxygens (including phenoxy) is 1. The molecule has 0 aliphatic carbocycles. The topological polar surface area (TPSA) is 116 Å². The van der Waals surface area contributed by atoms with Gasteiger partial charge in [-0.15, -0.1) is 10.2 Å². The summed E-state index contributed by atoms with van der Waals surface area (Å²) < 4.78 is 7.67. The Hall–Kier alpha value is -4.37. The van der Waals surface area contributed by atoms with E-state index in [2.05, 4.69) is 30.5 Å². The lowest BCUT2D eigenvalue weighted by Gasteiger charge is -2.12. The van der Waals surface area contributed by atoms with Crippen LogP contribution in [0, 0.1) is 6.92 Å². The van der Waals surface area contributed by atoms with Crippen LogP contribution in [0.2, 0.25) is 0 Å². The molecule has 9 heteroatoms. The summed E-state index contributed by atoms with van der Waals surface area (Å²) >= 11 is 0. The van der Waals surface area contributed by atoms with Crippen LogP contribution in [0.15, 0.2) is 67.5 Å². The summed E-state index contributed by atoms with van der Waals surface area (Å²) in [5, 5.41) is 12.2. The van der Waals surface area contributed by atoms with Crippen molar-refractivity contribution in [2.45, 2.75) is 6.92 Å². The van der Waals surface area contributed by atoms with Crippen LogP contribution in [-0.4, -0.2) is 36.1 Å². The van der Waals surface area contributed by atoms with Crippen molar-refractivity contribution in [2.75, 3.05) is 11.9 Å². The van der Waals surface area contributed by atoms with Crippen LogP contribution in [0.4, 0.5) is 11.5 Å². The quantitative estimate of drug-likeness (QED) is 0.422. The molecule has 5 aromatic rings. The van der Waals surface area contributed by atoms with Crippen molar-refractivity contribution >= 4 is 34.1 Å². The lowest BCUT2D eigenvalue weighted by atomic mass is 10.1. The van der Waals surface area contributed by atoms with Gasteiger partial charge in [-0.2, -0.15) is 0 Å². The maximum absolute atomic E-state index is 5.95. The average molecular weight is 424 g/mol. The van der Waals surface area contributed by atoms with Crippen LogP contribution in [0.25, 0.3) is 22.6 Å². The third-order valence-corrected chi connectivity index (χ3v) is 4.92. The summed E-state index contributed by atoms with van der Waals surface area (Å²) in [7, 11) is 0. The molecule has 5 rings (SSSR count). The zero-order valence-electron chi connectivity index (χ0n) is 17.3. The molecule has 9 nitrogen and oxygen atoms in total. The van der Waals surface area contributed by atoms with E-state index in [0.29, 0.717) is 23.8 Å². The summed E-state index contributed by atoms with van der Waals surface area (Å²) in [6, 6.07) is 13.6. The monoisotopic (exact) mass is 424 g/mol. The van der Waals surface area contributed by atoms with E-state index >= 15 is 0 Å². The van der Waals surface area contributed by atoms with Gasteiger partial charge < -0.3 is 15.8 Å². The Labute approximate surface area is 183 Å². The fourth-order valence-electron chi connectivity index (χ4n) is 3.34. The molecule has 0 atom stereocenters. The molecule has 3 N–H and O–H groups in total. The fraction of sp³-hybridized carbons (Fsp3) is 0.0870. The largest absolute Gasteiger partial charge is 0.439 e. The standard InChI is InChI=1S/C23H20N8O/c1-15-9-17(5-7-20(15)32-22-11-21-30-28-14-31(21)13-27-22)29-23-18-10-16(3-2-8-24)4-6-19(18)25-12-26-23/h2-7,9-14H,8,24H2,1H3,(H,25,26,29)/b3-2+. The number of aromatic nitrogens is 6. The lowest BCUT2D eigenvalue weighted by molar-refractivity contribution is 0.458. The van der Waals surface area contributed by atoms with Crippen molar-refractivity contribution in [2.24, 2.45) is 5.73 Å². The number of nitrogens with zero attached hydrogens (tertiary/aromatic N) is 6. The highest BCUT2D eigenvalue weighted by Crippen LogP contribution is 2.29. The second-order valence-corrected chi connectivity index (χ2v) is 7.17. The summed E-state index contributed by atoms with van der Waals surface area (Å²) in [6.45, 7) is 2.47. The van der Waals surface area contributed by atoms with Crippen LogP contribution >= 0.6 is 0 Å². The normalized spacial score (nSPS) is 11.4. The number of nitrogens with one attached hydrogen (secondary N) is 1. The first-order valence-electron chi connectivity index (χ1n) is 10.0. The minimum absolute atomic E-state index is 0.453. The van der Waals surface area contributed by atoms with Gasteiger partial charge >= 0.3 is 0 Å². The molecule has 32 heavy (non-hydrogen) atoms. The molecular formula is C23H20N8O. The van der Waals surface area contributed by atoms with E-state index in [1.807, 2.05) is 55.5 Å². The molecule has 3 aromatic heterocycles. The third kappa shape index (κ3) is 3.96. The molecule has 3 heterocycles. The maximum atomic E-state index is 5.95.